The van der Waals surface area contributed by atoms with Crippen LogP contribution in [-0.2, 0) is 0 Å². The van der Waals surface area contributed by atoms with Gasteiger partial charge in [-0.3, -0.25) is 9.78 Å². The number of oxazole rings is 1. The number of aromatic nitrogens is 1. The Morgan fingerprint density at radius 1 is 1.20 bits per heavy atom. The molecule has 0 unspecified atom stereocenters. The van der Waals surface area contributed by atoms with Gasteiger partial charge in [-0.05, 0) is 52.9 Å². The number of carbonyl (C=O) groups excluding carboxylic acids is 1. The Labute approximate surface area is 127 Å². The van der Waals surface area contributed by atoms with E-state index in [0.717, 1.165) is 3.57 Å². The molecule has 0 aliphatic carbocycles. The van der Waals surface area contributed by atoms with E-state index in [0.29, 0.717) is 22.4 Å². The van der Waals surface area contributed by atoms with E-state index < -0.39 is 5.76 Å². The zero-order valence-electron chi connectivity index (χ0n) is 10.1. The SMILES string of the molecule is O=C(Nc1ccc2oc(=O)[nH]c2c1)c1ccccc1I. The van der Waals surface area contributed by atoms with E-state index in [-0.39, 0.29) is 5.91 Å². The molecular weight excluding hydrogens is 371 g/mol. The van der Waals surface area contributed by atoms with E-state index in [1.54, 1.807) is 24.3 Å². The third-order valence-electron chi connectivity index (χ3n) is 2.80. The predicted molar refractivity (Wildman–Crippen MR) is 83.9 cm³/mol. The van der Waals surface area contributed by atoms with Crippen LogP contribution < -0.4 is 11.1 Å². The largest absolute Gasteiger partial charge is 0.417 e. The van der Waals surface area contributed by atoms with Crippen LogP contribution in [0.3, 0.4) is 0 Å². The van der Waals surface area contributed by atoms with E-state index in [1.165, 1.54) is 0 Å². The summed E-state index contributed by atoms with van der Waals surface area (Å²) in [7, 11) is 0. The average molecular weight is 380 g/mol. The van der Waals surface area contributed by atoms with Crippen LogP contribution in [0.4, 0.5) is 5.69 Å². The molecule has 0 atom stereocenters. The number of rotatable bonds is 2. The second kappa shape index (κ2) is 5.12. The molecule has 0 bridgehead atoms. The smallest absolute Gasteiger partial charge is 0.408 e. The monoisotopic (exact) mass is 380 g/mol. The molecule has 0 saturated carbocycles. The van der Waals surface area contributed by atoms with Crippen molar-refractivity contribution in [2.45, 2.75) is 0 Å². The van der Waals surface area contributed by atoms with Crippen molar-refractivity contribution < 1.29 is 9.21 Å². The second-order valence-corrected chi connectivity index (χ2v) is 5.32. The molecule has 1 amide bonds. The van der Waals surface area contributed by atoms with Gasteiger partial charge in [0.05, 0.1) is 11.1 Å². The lowest BCUT2D eigenvalue weighted by Crippen LogP contribution is -2.13. The Bertz CT molecular complexity index is 851. The summed E-state index contributed by atoms with van der Waals surface area (Å²) in [5.74, 6) is -0.707. The lowest BCUT2D eigenvalue weighted by molar-refractivity contribution is 0.102. The molecule has 100 valence electrons. The van der Waals surface area contributed by atoms with Crippen LogP contribution in [0.5, 0.6) is 0 Å². The van der Waals surface area contributed by atoms with Gasteiger partial charge in [0.15, 0.2) is 5.58 Å². The van der Waals surface area contributed by atoms with Gasteiger partial charge in [-0.15, -0.1) is 0 Å². The topological polar surface area (TPSA) is 75.1 Å². The van der Waals surface area contributed by atoms with Crippen molar-refractivity contribution in [3.05, 3.63) is 62.1 Å². The van der Waals surface area contributed by atoms with Crippen molar-refractivity contribution in [1.29, 1.82) is 0 Å². The fraction of sp³-hybridized carbons (Fsp3) is 0. The van der Waals surface area contributed by atoms with Crippen molar-refractivity contribution >= 4 is 45.3 Å². The fourth-order valence-electron chi connectivity index (χ4n) is 1.87. The highest BCUT2D eigenvalue weighted by Crippen LogP contribution is 2.18. The van der Waals surface area contributed by atoms with Gasteiger partial charge in [0, 0.05) is 9.26 Å². The van der Waals surface area contributed by atoms with Crippen LogP contribution in [0.15, 0.2) is 51.7 Å². The molecule has 0 spiro atoms. The van der Waals surface area contributed by atoms with Crippen LogP contribution in [0.25, 0.3) is 11.1 Å². The first-order valence-corrected chi connectivity index (χ1v) is 6.90. The summed E-state index contributed by atoms with van der Waals surface area (Å²) in [6.07, 6.45) is 0. The number of anilines is 1. The zero-order chi connectivity index (χ0) is 14.1. The lowest BCUT2D eigenvalue weighted by Gasteiger charge is -2.06. The summed E-state index contributed by atoms with van der Waals surface area (Å²) in [4.78, 5) is 25.8. The number of hydrogen-bond acceptors (Lipinski definition) is 3. The maximum absolute atomic E-state index is 12.2. The maximum Gasteiger partial charge on any atom is 0.417 e. The van der Waals surface area contributed by atoms with Crippen molar-refractivity contribution in [2.24, 2.45) is 0 Å². The van der Waals surface area contributed by atoms with E-state index >= 15 is 0 Å². The highest BCUT2D eigenvalue weighted by atomic mass is 127. The molecule has 0 aliphatic rings. The van der Waals surface area contributed by atoms with Gasteiger partial charge >= 0.3 is 5.76 Å². The summed E-state index contributed by atoms with van der Waals surface area (Å²) < 4.78 is 5.78. The first-order chi connectivity index (χ1) is 9.63. The number of halogens is 1. The summed E-state index contributed by atoms with van der Waals surface area (Å²) in [6.45, 7) is 0. The number of amides is 1. The predicted octanol–water partition coefficient (Wildman–Crippen LogP) is 2.98. The van der Waals surface area contributed by atoms with Crippen LogP contribution >= 0.6 is 22.6 Å². The summed E-state index contributed by atoms with van der Waals surface area (Å²) >= 11 is 2.11. The molecule has 0 fully saturated rings. The van der Waals surface area contributed by atoms with Gasteiger partial charge in [-0.25, -0.2) is 4.79 Å². The van der Waals surface area contributed by atoms with Crippen molar-refractivity contribution in [3.8, 4) is 0 Å². The molecule has 6 heteroatoms. The minimum atomic E-state index is -0.513. The van der Waals surface area contributed by atoms with E-state index in [4.69, 9.17) is 4.42 Å². The molecule has 3 rings (SSSR count). The normalized spacial score (nSPS) is 10.7. The quantitative estimate of drug-likeness (QED) is 0.672. The molecule has 0 aliphatic heterocycles. The standard InChI is InChI=1S/C14H9IN2O3/c15-10-4-2-1-3-9(10)13(18)16-8-5-6-12-11(7-8)17-14(19)20-12/h1-7H,(H,16,18)(H,17,19). The number of hydrogen-bond donors (Lipinski definition) is 2. The molecule has 5 nitrogen and oxygen atoms in total. The minimum absolute atomic E-state index is 0.194. The minimum Gasteiger partial charge on any atom is -0.408 e. The summed E-state index contributed by atoms with van der Waals surface area (Å²) in [6, 6.07) is 12.3. The molecule has 0 saturated heterocycles. The van der Waals surface area contributed by atoms with Crippen LogP contribution in [0.2, 0.25) is 0 Å². The molecule has 20 heavy (non-hydrogen) atoms. The van der Waals surface area contributed by atoms with Crippen LogP contribution in [-0.4, -0.2) is 10.9 Å². The van der Waals surface area contributed by atoms with Gasteiger partial charge in [0.25, 0.3) is 5.91 Å². The molecule has 0 radical (unpaired) electrons. The molecular formula is C14H9IN2O3. The first-order valence-electron chi connectivity index (χ1n) is 5.82. The number of H-pyrrole nitrogens is 1. The zero-order valence-corrected chi connectivity index (χ0v) is 12.3. The molecule has 1 heterocycles. The van der Waals surface area contributed by atoms with Gasteiger partial charge in [-0.1, -0.05) is 12.1 Å². The maximum atomic E-state index is 12.2. The van der Waals surface area contributed by atoms with Gasteiger partial charge in [-0.2, -0.15) is 0 Å². The van der Waals surface area contributed by atoms with Crippen LogP contribution in [0, 0.1) is 3.57 Å². The molecule has 2 aromatic carbocycles. The van der Waals surface area contributed by atoms with E-state index in [9.17, 15) is 9.59 Å². The average Bonchev–Trinajstić information content (AvgIpc) is 2.78. The van der Waals surface area contributed by atoms with Gasteiger partial charge < -0.3 is 9.73 Å². The third-order valence-corrected chi connectivity index (χ3v) is 3.74. The summed E-state index contributed by atoms with van der Waals surface area (Å²) in [5.41, 5.74) is 2.21. The number of aromatic amines is 1. The Hall–Kier alpha value is -2.09. The Morgan fingerprint density at radius 3 is 2.80 bits per heavy atom. The second-order valence-electron chi connectivity index (χ2n) is 4.16. The van der Waals surface area contributed by atoms with Gasteiger partial charge in [0.2, 0.25) is 0 Å². The Morgan fingerprint density at radius 2 is 2.00 bits per heavy atom. The highest BCUT2D eigenvalue weighted by molar-refractivity contribution is 14.1. The molecule has 1 aromatic heterocycles. The van der Waals surface area contributed by atoms with Gasteiger partial charge in [0.1, 0.15) is 0 Å². The van der Waals surface area contributed by atoms with Crippen molar-refractivity contribution in [3.63, 3.8) is 0 Å². The van der Waals surface area contributed by atoms with Crippen molar-refractivity contribution in [1.82, 2.24) is 4.98 Å². The number of carbonyl (C=O) groups is 1. The number of fused-ring (bicyclic) bond motifs is 1. The van der Waals surface area contributed by atoms with E-state index in [2.05, 4.69) is 32.9 Å². The Kier molecular flexibility index (Phi) is 3.31. The summed E-state index contributed by atoms with van der Waals surface area (Å²) in [5, 5.41) is 2.79. The molecule has 2 N–H and O–H groups in total. The van der Waals surface area contributed by atoms with Crippen molar-refractivity contribution in [2.75, 3.05) is 5.32 Å². The fourth-order valence-corrected chi connectivity index (χ4v) is 2.51. The Balaban J connectivity index is 1.91. The van der Waals surface area contributed by atoms with Crippen LogP contribution in [0.1, 0.15) is 10.4 Å². The number of benzene rings is 2. The third kappa shape index (κ3) is 2.46. The highest BCUT2D eigenvalue weighted by Gasteiger charge is 2.10. The number of nitrogens with one attached hydrogen (secondary N) is 2. The van der Waals surface area contributed by atoms with E-state index in [1.807, 2.05) is 18.2 Å². The lowest BCUT2D eigenvalue weighted by atomic mass is 10.2. The first kappa shape index (κ1) is 12.9. The molecule has 3 aromatic rings.